The van der Waals surface area contributed by atoms with Crippen LogP contribution < -0.4 is 4.74 Å². The molecule has 0 aliphatic carbocycles. The molecule has 0 amide bonds. The molecule has 0 spiro atoms. The van der Waals surface area contributed by atoms with Crippen LogP contribution in [0.5, 0.6) is 5.75 Å². The van der Waals surface area contributed by atoms with Crippen molar-refractivity contribution in [1.29, 1.82) is 0 Å². The van der Waals surface area contributed by atoms with Crippen LogP contribution in [0, 0.1) is 13.8 Å². The van der Waals surface area contributed by atoms with Gasteiger partial charge in [0.15, 0.2) is 0 Å². The first-order chi connectivity index (χ1) is 10.8. The third kappa shape index (κ3) is 4.35. The van der Waals surface area contributed by atoms with E-state index in [9.17, 15) is 4.79 Å². The molecule has 23 heavy (non-hydrogen) atoms. The van der Waals surface area contributed by atoms with Gasteiger partial charge in [-0.2, -0.15) is 0 Å². The minimum absolute atomic E-state index is 0.107. The lowest BCUT2D eigenvalue weighted by Crippen LogP contribution is -2.22. The number of hydrogen-bond acceptors (Lipinski definition) is 2. The predicted octanol–water partition coefficient (Wildman–Crippen LogP) is 4.63. The summed E-state index contributed by atoms with van der Waals surface area (Å²) in [5.41, 5.74) is 3.83. The summed E-state index contributed by atoms with van der Waals surface area (Å²) < 4.78 is 5.99. The van der Waals surface area contributed by atoms with Crippen molar-refractivity contribution in [2.75, 3.05) is 0 Å². The Hall–Kier alpha value is -2.29. The van der Waals surface area contributed by atoms with Crippen molar-refractivity contribution >= 4 is 5.97 Å². The van der Waals surface area contributed by atoms with Crippen molar-refractivity contribution in [2.24, 2.45) is 0 Å². The number of aliphatic carboxylic acids is 1. The average molecular weight is 312 g/mol. The zero-order valence-corrected chi connectivity index (χ0v) is 14.2. The van der Waals surface area contributed by atoms with Crippen LogP contribution in [0.3, 0.4) is 0 Å². The summed E-state index contributed by atoms with van der Waals surface area (Å²) in [5.74, 6) is 0.0958. The molecule has 3 nitrogen and oxygen atoms in total. The van der Waals surface area contributed by atoms with Crippen molar-refractivity contribution < 1.29 is 14.6 Å². The summed E-state index contributed by atoms with van der Waals surface area (Å²) in [7, 11) is 0. The highest BCUT2D eigenvalue weighted by atomic mass is 16.5. The molecule has 0 fully saturated rings. The van der Waals surface area contributed by atoms with E-state index in [-0.39, 0.29) is 6.42 Å². The molecule has 0 aliphatic rings. The van der Waals surface area contributed by atoms with Gasteiger partial charge in [-0.15, -0.1) is 0 Å². The van der Waals surface area contributed by atoms with Gasteiger partial charge in [0, 0.05) is 5.41 Å². The van der Waals surface area contributed by atoms with Gasteiger partial charge in [0.25, 0.3) is 0 Å². The molecule has 0 aromatic heterocycles. The fourth-order valence-corrected chi connectivity index (χ4v) is 2.78. The van der Waals surface area contributed by atoms with E-state index in [1.807, 2.05) is 70.2 Å². The summed E-state index contributed by atoms with van der Waals surface area (Å²) >= 11 is 0. The summed E-state index contributed by atoms with van der Waals surface area (Å²) in [6.07, 6.45) is 0.107. The van der Waals surface area contributed by atoms with Crippen LogP contribution in [-0.4, -0.2) is 11.1 Å². The van der Waals surface area contributed by atoms with E-state index < -0.39 is 11.4 Å². The van der Waals surface area contributed by atoms with Crippen molar-refractivity contribution in [1.82, 2.24) is 0 Å². The predicted molar refractivity (Wildman–Crippen MR) is 92.0 cm³/mol. The standard InChI is InChI=1S/C20H24O3/c1-14-10-17(20(3,4)12-18(21)22)11-15(2)19(14)23-13-16-8-6-5-7-9-16/h5-11H,12-13H2,1-4H3,(H,21,22). The second-order valence-electron chi connectivity index (χ2n) is 6.67. The summed E-state index contributed by atoms with van der Waals surface area (Å²) in [6, 6.07) is 14.1. The Kier molecular flexibility index (Phi) is 5.09. The molecule has 2 aromatic rings. The quantitative estimate of drug-likeness (QED) is 0.845. The van der Waals surface area contributed by atoms with Crippen LogP contribution >= 0.6 is 0 Å². The van der Waals surface area contributed by atoms with Crippen LogP contribution in [0.4, 0.5) is 0 Å². The third-order valence-electron chi connectivity index (χ3n) is 4.06. The first-order valence-corrected chi connectivity index (χ1v) is 7.80. The second kappa shape index (κ2) is 6.86. The molecule has 0 heterocycles. The van der Waals surface area contributed by atoms with Gasteiger partial charge in [-0.3, -0.25) is 4.79 Å². The molecule has 0 saturated heterocycles. The van der Waals surface area contributed by atoms with Gasteiger partial charge in [0.2, 0.25) is 0 Å². The highest BCUT2D eigenvalue weighted by Gasteiger charge is 2.25. The molecule has 0 atom stereocenters. The lowest BCUT2D eigenvalue weighted by atomic mass is 9.80. The van der Waals surface area contributed by atoms with E-state index in [1.54, 1.807) is 0 Å². The Morgan fingerprint density at radius 3 is 2.17 bits per heavy atom. The fourth-order valence-electron chi connectivity index (χ4n) is 2.78. The zero-order valence-electron chi connectivity index (χ0n) is 14.2. The zero-order chi connectivity index (χ0) is 17.0. The van der Waals surface area contributed by atoms with E-state index in [2.05, 4.69) is 0 Å². The topological polar surface area (TPSA) is 46.5 Å². The highest BCUT2D eigenvalue weighted by molar-refractivity contribution is 5.69. The average Bonchev–Trinajstić information content (AvgIpc) is 2.46. The molecule has 2 rings (SSSR count). The Bertz CT molecular complexity index is 664. The SMILES string of the molecule is Cc1cc(C(C)(C)CC(=O)O)cc(C)c1OCc1ccccc1. The lowest BCUT2D eigenvalue weighted by molar-refractivity contribution is -0.138. The molecule has 0 aliphatic heterocycles. The van der Waals surface area contributed by atoms with Crippen LogP contribution in [0.2, 0.25) is 0 Å². The Balaban J connectivity index is 2.22. The van der Waals surface area contributed by atoms with Gasteiger partial charge in [0.05, 0.1) is 6.42 Å². The van der Waals surface area contributed by atoms with E-state index >= 15 is 0 Å². The Morgan fingerprint density at radius 1 is 1.09 bits per heavy atom. The van der Waals surface area contributed by atoms with E-state index in [0.29, 0.717) is 6.61 Å². The molecular weight excluding hydrogens is 288 g/mol. The molecule has 0 saturated carbocycles. The lowest BCUT2D eigenvalue weighted by Gasteiger charge is -2.25. The highest BCUT2D eigenvalue weighted by Crippen LogP contribution is 2.33. The normalized spacial score (nSPS) is 11.3. The van der Waals surface area contributed by atoms with Gasteiger partial charge >= 0.3 is 5.97 Å². The number of benzene rings is 2. The molecule has 2 aromatic carbocycles. The number of carboxylic acids is 1. The number of hydrogen-bond donors (Lipinski definition) is 1. The second-order valence-corrected chi connectivity index (χ2v) is 6.67. The maximum Gasteiger partial charge on any atom is 0.304 e. The molecule has 3 heteroatoms. The number of carbonyl (C=O) groups is 1. The van der Waals surface area contributed by atoms with Crippen molar-refractivity contribution in [2.45, 2.75) is 46.1 Å². The van der Waals surface area contributed by atoms with E-state index in [1.165, 1.54) is 0 Å². The minimum Gasteiger partial charge on any atom is -0.488 e. The number of rotatable bonds is 6. The van der Waals surface area contributed by atoms with Gasteiger partial charge in [-0.05, 0) is 36.1 Å². The fraction of sp³-hybridized carbons (Fsp3) is 0.350. The summed E-state index contributed by atoms with van der Waals surface area (Å²) in [5, 5.41) is 9.09. The summed E-state index contributed by atoms with van der Waals surface area (Å²) in [4.78, 5) is 11.1. The maximum atomic E-state index is 11.1. The van der Waals surface area contributed by atoms with Crippen LogP contribution in [0.1, 0.15) is 42.5 Å². The van der Waals surface area contributed by atoms with Crippen LogP contribution in [0.15, 0.2) is 42.5 Å². The monoisotopic (exact) mass is 312 g/mol. The van der Waals surface area contributed by atoms with Gasteiger partial charge in [-0.25, -0.2) is 0 Å². The third-order valence-corrected chi connectivity index (χ3v) is 4.06. The molecular formula is C20H24O3. The van der Waals surface area contributed by atoms with Crippen LogP contribution in [-0.2, 0) is 16.8 Å². The van der Waals surface area contributed by atoms with Gasteiger partial charge in [0.1, 0.15) is 12.4 Å². The summed E-state index contributed by atoms with van der Waals surface area (Å²) in [6.45, 7) is 8.46. The smallest absolute Gasteiger partial charge is 0.304 e. The molecule has 1 N–H and O–H groups in total. The molecule has 122 valence electrons. The van der Waals surface area contributed by atoms with E-state index in [4.69, 9.17) is 9.84 Å². The number of aryl methyl sites for hydroxylation is 2. The number of ether oxygens (including phenoxy) is 1. The van der Waals surface area contributed by atoms with Crippen molar-refractivity contribution in [3.05, 3.63) is 64.7 Å². The Morgan fingerprint density at radius 2 is 1.65 bits per heavy atom. The van der Waals surface area contributed by atoms with Crippen molar-refractivity contribution in [3.8, 4) is 5.75 Å². The molecule has 0 unspecified atom stereocenters. The largest absolute Gasteiger partial charge is 0.488 e. The van der Waals surface area contributed by atoms with Crippen LogP contribution in [0.25, 0.3) is 0 Å². The number of carboxylic acid groups (broad SMARTS) is 1. The first-order valence-electron chi connectivity index (χ1n) is 7.80. The first kappa shape index (κ1) is 17.1. The molecule has 0 radical (unpaired) electrons. The van der Waals surface area contributed by atoms with Gasteiger partial charge in [-0.1, -0.05) is 56.3 Å². The Labute approximate surface area is 137 Å². The molecule has 0 bridgehead atoms. The maximum absolute atomic E-state index is 11.1. The van der Waals surface area contributed by atoms with E-state index in [0.717, 1.165) is 28.0 Å². The van der Waals surface area contributed by atoms with Crippen molar-refractivity contribution in [3.63, 3.8) is 0 Å². The van der Waals surface area contributed by atoms with Gasteiger partial charge < -0.3 is 9.84 Å². The minimum atomic E-state index is -0.783.